The zero-order chi connectivity index (χ0) is 15.1. The highest BCUT2D eigenvalue weighted by Crippen LogP contribution is 2.38. The third-order valence-electron chi connectivity index (χ3n) is 4.12. The molecule has 3 rings (SSSR count). The fourth-order valence-corrected chi connectivity index (χ4v) is 3.67. The van der Waals surface area contributed by atoms with Gasteiger partial charge in [-0.25, -0.2) is 4.68 Å². The number of aryl methyl sites for hydroxylation is 1. The molecule has 0 aliphatic carbocycles. The van der Waals surface area contributed by atoms with Gasteiger partial charge in [0.05, 0.1) is 16.2 Å². The Morgan fingerprint density at radius 3 is 2.86 bits per heavy atom. The number of hydrogen-bond acceptors (Lipinski definition) is 3. The molecular formula is C16H21BrN4. The van der Waals surface area contributed by atoms with Crippen molar-refractivity contribution in [3.63, 3.8) is 0 Å². The molecule has 2 aromatic rings. The number of benzene rings is 1. The summed E-state index contributed by atoms with van der Waals surface area (Å²) in [5, 5.41) is 8.28. The minimum Gasteiger partial charge on any atom is -0.399 e. The van der Waals surface area contributed by atoms with Crippen LogP contribution in [0.5, 0.6) is 0 Å². The lowest BCUT2D eigenvalue weighted by Crippen LogP contribution is -2.24. The molecule has 0 radical (unpaired) electrons. The van der Waals surface area contributed by atoms with Crippen LogP contribution in [0.3, 0.4) is 0 Å². The molecule has 2 heterocycles. The Labute approximate surface area is 133 Å². The summed E-state index contributed by atoms with van der Waals surface area (Å²) in [6, 6.07) is 6.58. The number of nitrogens with two attached hydrogens (primary N) is 1. The predicted molar refractivity (Wildman–Crippen MR) is 90.9 cm³/mol. The van der Waals surface area contributed by atoms with Crippen molar-refractivity contribution in [2.75, 3.05) is 17.6 Å². The molecule has 21 heavy (non-hydrogen) atoms. The molecule has 1 aliphatic rings. The summed E-state index contributed by atoms with van der Waals surface area (Å²) >= 11 is 3.69. The van der Waals surface area contributed by atoms with Gasteiger partial charge in [0.15, 0.2) is 0 Å². The topological polar surface area (TPSA) is 55.9 Å². The highest BCUT2D eigenvalue weighted by atomic mass is 79.9. The molecule has 3 N–H and O–H groups in total. The molecule has 0 fully saturated rings. The minimum absolute atomic E-state index is 0.243. The number of nitrogens with one attached hydrogen (secondary N) is 1. The third-order valence-corrected chi connectivity index (χ3v) is 4.90. The maximum Gasteiger partial charge on any atom is 0.139 e. The van der Waals surface area contributed by atoms with Crippen molar-refractivity contribution < 1.29 is 0 Å². The molecule has 0 saturated heterocycles. The maximum atomic E-state index is 6.08. The molecule has 0 spiro atoms. The quantitative estimate of drug-likeness (QED) is 0.804. The van der Waals surface area contributed by atoms with Gasteiger partial charge in [-0.05, 0) is 52.4 Å². The first-order valence-electron chi connectivity index (χ1n) is 7.36. The third kappa shape index (κ3) is 2.44. The van der Waals surface area contributed by atoms with E-state index in [9.17, 15) is 0 Å². The van der Waals surface area contributed by atoms with Gasteiger partial charge in [0.2, 0.25) is 0 Å². The SMILES string of the molecule is Cc1ccc(C2CCNc3c(Br)c(C(C)C)nn32)cc1N. The van der Waals surface area contributed by atoms with Crippen LogP contribution < -0.4 is 11.1 Å². The summed E-state index contributed by atoms with van der Waals surface area (Å²) in [6.45, 7) is 7.31. The Bertz CT molecular complexity index is 675. The molecule has 0 amide bonds. The largest absolute Gasteiger partial charge is 0.399 e. The van der Waals surface area contributed by atoms with E-state index in [4.69, 9.17) is 10.8 Å². The monoisotopic (exact) mass is 348 g/mol. The van der Waals surface area contributed by atoms with E-state index < -0.39 is 0 Å². The number of fused-ring (bicyclic) bond motifs is 1. The highest BCUT2D eigenvalue weighted by Gasteiger charge is 2.27. The van der Waals surface area contributed by atoms with Crippen molar-refractivity contribution >= 4 is 27.4 Å². The van der Waals surface area contributed by atoms with Crippen LogP contribution in [0.4, 0.5) is 11.5 Å². The first kappa shape index (κ1) is 14.4. The van der Waals surface area contributed by atoms with E-state index in [1.807, 2.05) is 6.92 Å². The number of halogens is 1. The molecule has 1 aliphatic heterocycles. The number of aromatic nitrogens is 2. The van der Waals surface area contributed by atoms with E-state index in [1.165, 1.54) is 5.56 Å². The lowest BCUT2D eigenvalue weighted by molar-refractivity contribution is 0.476. The summed E-state index contributed by atoms with van der Waals surface area (Å²) in [4.78, 5) is 0. The van der Waals surface area contributed by atoms with Crippen LogP contribution in [0.1, 0.15) is 49.0 Å². The summed E-state index contributed by atoms with van der Waals surface area (Å²) in [7, 11) is 0. The lowest BCUT2D eigenvalue weighted by Gasteiger charge is -2.26. The average molecular weight is 349 g/mol. The van der Waals surface area contributed by atoms with Crippen LogP contribution in [0.2, 0.25) is 0 Å². The van der Waals surface area contributed by atoms with E-state index in [-0.39, 0.29) is 6.04 Å². The standard InChI is InChI=1S/C16H21BrN4/c1-9(2)15-14(17)16-19-7-6-13(21(16)20-15)11-5-4-10(3)12(18)8-11/h4-5,8-9,13,19H,6-7,18H2,1-3H3. The van der Waals surface area contributed by atoms with Crippen LogP contribution in [-0.2, 0) is 0 Å². The molecule has 0 saturated carbocycles. The number of rotatable bonds is 2. The molecule has 1 aromatic heterocycles. The normalized spacial score (nSPS) is 17.7. The molecule has 0 bridgehead atoms. The average Bonchev–Trinajstić information content (AvgIpc) is 2.80. The molecule has 1 atom stereocenters. The summed E-state index contributed by atoms with van der Waals surface area (Å²) in [5.41, 5.74) is 10.4. The van der Waals surface area contributed by atoms with Gasteiger partial charge in [-0.2, -0.15) is 5.10 Å². The number of hydrogen-bond donors (Lipinski definition) is 2. The fourth-order valence-electron chi connectivity index (χ4n) is 2.81. The zero-order valence-electron chi connectivity index (χ0n) is 12.7. The van der Waals surface area contributed by atoms with Gasteiger partial charge in [-0.1, -0.05) is 26.0 Å². The van der Waals surface area contributed by atoms with Crippen molar-refractivity contribution in [3.8, 4) is 0 Å². The van der Waals surface area contributed by atoms with Gasteiger partial charge in [0.25, 0.3) is 0 Å². The minimum atomic E-state index is 0.243. The number of nitrogen functional groups attached to an aromatic ring is 1. The van der Waals surface area contributed by atoms with E-state index in [0.29, 0.717) is 5.92 Å². The Balaban J connectivity index is 2.08. The van der Waals surface area contributed by atoms with Gasteiger partial charge >= 0.3 is 0 Å². The molecule has 1 aromatic carbocycles. The molecule has 4 nitrogen and oxygen atoms in total. The van der Waals surface area contributed by atoms with Crippen LogP contribution in [-0.4, -0.2) is 16.3 Å². The van der Waals surface area contributed by atoms with Gasteiger partial charge in [-0.15, -0.1) is 0 Å². The van der Waals surface area contributed by atoms with Crippen molar-refractivity contribution in [1.82, 2.24) is 9.78 Å². The second-order valence-electron chi connectivity index (χ2n) is 5.99. The van der Waals surface area contributed by atoms with E-state index in [0.717, 1.165) is 40.2 Å². The van der Waals surface area contributed by atoms with Crippen LogP contribution in [0.25, 0.3) is 0 Å². The zero-order valence-corrected chi connectivity index (χ0v) is 14.2. The smallest absolute Gasteiger partial charge is 0.139 e. The Kier molecular flexibility index (Phi) is 3.69. The molecule has 5 heteroatoms. The summed E-state index contributed by atoms with van der Waals surface area (Å²) in [6.07, 6.45) is 1.02. The highest BCUT2D eigenvalue weighted by molar-refractivity contribution is 9.10. The first-order valence-corrected chi connectivity index (χ1v) is 8.16. The van der Waals surface area contributed by atoms with Gasteiger partial charge < -0.3 is 11.1 Å². The molecular weight excluding hydrogens is 328 g/mol. The van der Waals surface area contributed by atoms with Crippen LogP contribution >= 0.6 is 15.9 Å². The molecule has 112 valence electrons. The van der Waals surface area contributed by atoms with Gasteiger partial charge in [0.1, 0.15) is 5.82 Å². The van der Waals surface area contributed by atoms with Gasteiger partial charge in [-0.3, -0.25) is 0 Å². The van der Waals surface area contributed by atoms with E-state index in [1.54, 1.807) is 0 Å². The molecule has 1 unspecified atom stereocenters. The van der Waals surface area contributed by atoms with Crippen molar-refractivity contribution in [1.29, 1.82) is 0 Å². The van der Waals surface area contributed by atoms with Crippen molar-refractivity contribution in [2.24, 2.45) is 0 Å². The summed E-state index contributed by atoms with van der Waals surface area (Å²) in [5.74, 6) is 1.47. The predicted octanol–water partition coefficient (Wildman–Crippen LogP) is 4.06. The number of nitrogens with zero attached hydrogens (tertiary/aromatic N) is 2. The first-order chi connectivity index (χ1) is 9.99. The fraction of sp³-hybridized carbons (Fsp3) is 0.438. The second-order valence-corrected chi connectivity index (χ2v) is 6.79. The lowest BCUT2D eigenvalue weighted by atomic mass is 10.00. The maximum absolute atomic E-state index is 6.08. The van der Waals surface area contributed by atoms with Gasteiger partial charge in [0, 0.05) is 12.2 Å². The Hall–Kier alpha value is -1.49. The van der Waals surface area contributed by atoms with Crippen molar-refractivity contribution in [3.05, 3.63) is 39.5 Å². The summed E-state index contributed by atoms with van der Waals surface area (Å²) < 4.78 is 3.19. The second kappa shape index (κ2) is 5.37. The van der Waals surface area contributed by atoms with Crippen LogP contribution in [0.15, 0.2) is 22.7 Å². The van der Waals surface area contributed by atoms with Crippen LogP contribution in [0, 0.1) is 6.92 Å². The van der Waals surface area contributed by atoms with E-state index >= 15 is 0 Å². The Morgan fingerprint density at radius 2 is 2.19 bits per heavy atom. The van der Waals surface area contributed by atoms with Crippen molar-refractivity contribution in [2.45, 2.75) is 39.2 Å². The number of anilines is 2. The van der Waals surface area contributed by atoms with E-state index in [2.05, 4.69) is 58.0 Å². The Morgan fingerprint density at radius 1 is 1.43 bits per heavy atom.